The van der Waals surface area contributed by atoms with Crippen molar-refractivity contribution in [3.63, 3.8) is 0 Å². The van der Waals surface area contributed by atoms with Crippen molar-refractivity contribution in [3.8, 4) is 0 Å². The maximum atomic E-state index is 5.63. The minimum absolute atomic E-state index is 0.459. The second kappa shape index (κ2) is 5.08. The number of hydrogen-bond donors (Lipinski definition) is 2. The molecule has 3 rings (SSSR count). The molecule has 0 fully saturated rings. The van der Waals surface area contributed by atoms with Crippen molar-refractivity contribution >= 4 is 22.5 Å². The molecule has 100 valence electrons. The summed E-state index contributed by atoms with van der Waals surface area (Å²) in [7, 11) is 0. The van der Waals surface area contributed by atoms with Crippen LogP contribution in [0.15, 0.2) is 36.8 Å². The summed E-state index contributed by atoms with van der Waals surface area (Å²) in [6, 6.07) is 7.72. The Morgan fingerprint density at radius 2 is 2.05 bits per heavy atom. The van der Waals surface area contributed by atoms with E-state index in [1.54, 1.807) is 18.6 Å². The van der Waals surface area contributed by atoms with Crippen LogP contribution in [0.2, 0.25) is 0 Å². The lowest BCUT2D eigenvalue weighted by atomic mass is 10.1. The average Bonchev–Trinajstić information content (AvgIpc) is 2.45. The molecule has 2 aromatic heterocycles. The Bertz CT molecular complexity index is 755. The van der Waals surface area contributed by atoms with Crippen molar-refractivity contribution in [2.24, 2.45) is 0 Å². The summed E-state index contributed by atoms with van der Waals surface area (Å²) in [5.41, 5.74) is 7.70. The van der Waals surface area contributed by atoms with Crippen molar-refractivity contribution in [1.29, 1.82) is 0 Å². The molecule has 0 atom stereocenters. The number of nitrogens with zero attached hydrogens (tertiary/aromatic N) is 4. The van der Waals surface area contributed by atoms with Crippen LogP contribution in [0.4, 0.5) is 11.6 Å². The van der Waals surface area contributed by atoms with E-state index < -0.39 is 0 Å². The Morgan fingerprint density at radius 1 is 1.15 bits per heavy atom. The molecule has 0 unspecified atom stereocenters. The minimum Gasteiger partial charge on any atom is -0.384 e. The number of aromatic nitrogens is 4. The van der Waals surface area contributed by atoms with Gasteiger partial charge in [0.15, 0.2) is 0 Å². The molecule has 0 spiro atoms. The third-order valence-electron chi connectivity index (χ3n) is 2.93. The minimum atomic E-state index is 0.459. The number of hydrogen-bond acceptors (Lipinski definition) is 6. The topological polar surface area (TPSA) is 89.6 Å². The first-order chi connectivity index (χ1) is 9.72. The van der Waals surface area contributed by atoms with Gasteiger partial charge in [-0.25, -0.2) is 19.9 Å². The number of benzene rings is 1. The van der Waals surface area contributed by atoms with Gasteiger partial charge in [0.2, 0.25) is 0 Å². The van der Waals surface area contributed by atoms with E-state index in [0.717, 1.165) is 22.3 Å². The zero-order valence-corrected chi connectivity index (χ0v) is 11.0. The number of nitrogen functional groups attached to an aromatic ring is 1. The lowest BCUT2D eigenvalue weighted by molar-refractivity contribution is 0.947. The summed E-state index contributed by atoms with van der Waals surface area (Å²) in [6.07, 6.45) is 3.18. The number of anilines is 2. The number of rotatable bonds is 3. The second-order valence-electron chi connectivity index (χ2n) is 4.49. The van der Waals surface area contributed by atoms with Crippen LogP contribution in [0.5, 0.6) is 0 Å². The standard InChI is InChI=1S/C14H14N6/c1-9-2-3-11-10(6-9)14(19-8-18-11)17-7-13-16-5-4-12(15)20-13/h2-6,8H,7H2,1H3,(H2,15,16,20)(H,17,18,19). The molecule has 2 heterocycles. The molecule has 0 saturated carbocycles. The molecule has 0 saturated heterocycles. The quantitative estimate of drug-likeness (QED) is 0.752. The third-order valence-corrected chi connectivity index (χ3v) is 2.93. The molecule has 3 N–H and O–H groups in total. The van der Waals surface area contributed by atoms with Crippen LogP contribution in [-0.2, 0) is 6.54 Å². The van der Waals surface area contributed by atoms with E-state index in [9.17, 15) is 0 Å². The molecule has 3 aromatic rings. The molecule has 0 bridgehead atoms. The summed E-state index contributed by atoms with van der Waals surface area (Å²) in [5.74, 6) is 1.86. The largest absolute Gasteiger partial charge is 0.384 e. The van der Waals surface area contributed by atoms with Gasteiger partial charge in [0.25, 0.3) is 0 Å². The Labute approximate surface area is 116 Å². The second-order valence-corrected chi connectivity index (χ2v) is 4.49. The molecule has 0 aliphatic rings. The fourth-order valence-corrected chi connectivity index (χ4v) is 1.97. The fourth-order valence-electron chi connectivity index (χ4n) is 1.97. The first-order valence-corrected chi connectivity index (χ1v) is 6.25. The Morgan fingerprint density at radius 3 is 2.90 bits per heavy atom. The van der Waals surface area contributed by atoms with Gasteiger partial charge in [-0.15, -0.1) is 0 Å². The Kier molecular flexibility index (Phi) is 3.12. The fraction of sp³-hybridized carbons (Fsp3) is 0.143. The Balaban J connectivity index is 1.89. The van der Waals surface area contributed by atoms with Crippen LogP contribution < -0.4 is 11.1 Å². The van der Waals surface area contributed by atoms with Gasteiger partial charge in [-0.05, 0) is 25.1 Å². The van der Waals surface area contributed by atoms with Crippen molar-refractivity contribution in [2.45, 2.75) is 13.5 Å². The van der Waals surface area contributed by atoms with Gasteiger partial charge in [-0.3, -0.25) is 0 Å². The summed E-state index contributed by atoms with van der Waals surface area (Å²) < 4.78 is 0. The lowest BCUT2D eigenvalue weighted by Gasteiger charge is -2.08. The van der Waals surface area contributed by atoms with Gasteiger partial charge in [0.05, 0.1) is 12.1 Å². The zero-order valence-electron chi connectivity index (χ0n) is 11.0. The normalized spacial score (nSPS) is 10.7. The highest BCUT2D eigenvalue weighted by Gasteiger charge is 2.04. The van der Waals surface area contributed by atoms with Crippen LogP contribution in [0.25, 0.3) is 10.9 Å². The van der Waals surface area contributed by atoms with E-state index >= 15 is 0 Å². The highest BCUT2D eigenvalue weighted by atomic mass is 15.0. The number of nitrogens with two attached hydrogens (primary N) is 1. The first kappa shape index (κ1) is 12.3. The van der Waals surface area contributed by atoms with Crippen LogP contribution >= 0.6 is 0 Å². The van der Waals surface area contributed by atoms with E-state index in [1.807, 2.05) is 19.1 Å². The van der Waals surface area contributed by atoms with Crippen molar-refractivity contribution in [3.05, 3.63) is 48.2 Å². The summed E-state index contributed by atoms with van der Waals surface area (Å²) in [4.78, 5) is 16.8. The molecular weight excluding hydrogens is 252 g/mol. The number of fused-ring (bicyclic) bond motifs is 1. The van der Waals surface area contributed by atoms with Crippen LogP contribution in [0, 0.1) is 6.92 Å². The van der Waals surface area contributed by atoms with Crippen molar-refractivity contribution in [2.75, 3.05) is 11.1 Å². The average molecular weight is 266 g/mol. The van der Waals surface area contributed by atoms with Gasteiger partial charge in [-0.1, -0.05) is 11.6 Å². The van der Waals surface area contributed by atoms with E-state index in [-0.39, 0.29) is 0 Å². The summed E-state index contributed by atoms with van der Waals surface area (Å²) in [6.45, 7) is 2.50. The van der Waals surface area contributed by atoms with E-state index in [0.29, 0.717) is 18.2 Å². The SMILES string of the molecule is Cc1ccc2ncnc(NCc3nccc(N)n3)c2c1. The van der Waals surface area contributed by atoms with Crippen molar-refractivity contribution in [1.82, 2.24) is 19.9 Å². The highest BCUT2D eigenvalue weighted by Crippen LogP contribution is 2.20. The van der Waals surface area contributed by atoms with E-state index in [2.05, 4.69) is 31.3 Å². The van der Waals surface area contributed by atoms with E-state index in [1.165, 1.54) is 0 Å². The van der Waals surface area contributed by atoms with Gasteiger partial charge in [0, 0.05) is 11.6 Å². The maximum absolute atomic E-state index is 5.63. The molecule has 0 radical (unpaired) electrons. The van der Waals surface area contributed by atoms with Crippen LogP contribution in [0.1, 0.15) is 11.4 Å². The van der Waals surface area contributed by atoms with Crippen LogP contribution in [-0.4, -0.2) is 19.9 Å². The van der Waals surface area contributed by atoms with Gasteiger partial charge >= 0.3 is 0 Å². The zero-order chi connectivity index (χ0) is 13.9. The molecule has 0 amide bonds. The molecule has 0 aliphatic heterocycles. The smallest absolute Gasteiger partial charge is 0.149 e. The molecule has 6 nitrogen and oxygen atoms in total. The number of aryl methyl sites for hydroxylation is 1. The van der Waals surface area contributed by atoms with Gasteiger partial charge < -0.3 is 11.1 Å². The lowest BCUT2D eigenvalue weighted by Crippen LogP contribution is -2.07. The van der Waals surface area contributed by atoms with Gasteiger partial charge in [0.1, 0.15) is 23.8 Å². The predicted octanol–water partition coefficient (Wildman–Crippen LogP) is 1.92. The molecule has 0 aliphatic carbocycles. The maximum Gasteiger partial charge on any atom is 0.149 e. The van der Waals surface area contributed by atoms with Gasteiger partial charge in [-0.2, -0.15) is 0 Å². The molecule has 20 heavy (non-hydrogen) atoms. The van der Waals surface area contributed by atoms with Crippen molar-refractivity contribution < 1.29 is 0 Å². The summed E-state index contributed by atoms with van der Waals surface area (Å²) >= 11 is 0. The third kappa shape index (κ3) is 2.49. The predicted molar refractivity (Wildman–Crippen MR) is 78.0 cm³/mol. The van der Waals surface area contributed by atoms with Crippen LogP contribution in [0.3, 0.4) is 0 Å². The van der Waals surface area contributed by atoms with E-state index in [4.69, 9.17) is 5.73 Å². The molecule has 6 heteroatoms. The molecular formula is C14H14N6. The highest BCUT2D eigenvalue weighted by molar-refractivity contribution is 5.89. The monoisotopic (exact) mass is 266 g/mol. The summed E-state index contributed by atoms with van der Waals surface area (Å²) in [5, 5.41) is 4.21. The number of nitrogens with one attached hydrogen (secondary N) is 1. The first-order valence-electron chi connectivity index (χ1n) is 6.25. The Hall–Kier alpha value is -2.76. The molecule has 1 aromatic carbocycles.